The van der Waals surface area contributed by atoms with Gasteiger partial charge in [-0.25, -0.2) is 0 Å². The maximum atomic E-state index is 13.2. The van der Waals surface area contributed by atoms with Crippen molar-refractivity contribution in [3.05, 3.63) is 59.2 Å². The second kappa shape index (κ2) is 11.9. The molecule has 8 nitrogen and oxygen atoms in total. The van der Waals surface area contributed by atoms with E-state index >= 15 is 0 Å². The van der Waals surface area contributed by atoms with Gasteiger partial charge in [-0.3, -0.25) is 14.4 Å². The minimum absolute atomic E-state index is 0.104. The molecule has 0 bridgehead atoms. The van der Waals surface area contributed by atoms with Gasteiger partial charge in [0.25, 0.3) is 11.8 Å². The SMILES string of the molecule is CCOC(=O)CN(Cc1ccc(C(F)(F)F)cc1)C(=O)c1ccc(OCC(=O)NC)c(OC)c1. The van der Waals surface area contributed by atoms with E-state index in [1.54, 1.807) is 6.92 Å². The molecule has 2 aromatic carbocycles. The molecule has 0 aliphatic rings. The number of likely N-dealkylation sites (N-methyl/N-ethyl adjacent to an activating group) is 1. The van der Waals surface area contributed by atoms with Crippen LogP contribution in [0.5, 0.6) is 11.5 Å². The molecule has 0 aliphatic carbocycles. The number of methoxy groups -OCH3 is 1. The van der Waals surface area contributed by atoms with Crippen LogP contribution in [0.1, 0.15) is 28.4 Å². The first-order chi connectivity index (χ1) is 16.1. The van der Waals surface area contributed by atoms with Gasteiger partial charge in [-0.05, 0) is 42.8 Å². The molecule has 0 unspecified atom stereocenters. The third-order valence-corrected chi connectivity index (χ3v) is 4.62. The van der Waals surface area contributed by atoms with Gasteiger partial charge in [-0.2, -0.15) is 13.2 Å². The molecule has 0 fully saturated rings. The Morgan fingerprint density at radius 3 is 2.26 bits per heavy atom. The maximum Gasteiger partial charge on any atom is 0.416 e. The minimum Gasteiger partial charge on any atom is -0.493 e. The highest BCUT2D eigenvalue weighted by Crippen LogP contribution is 2.30. The van der Waals surface area contributed by atoms with Crippen LogP contribution in [-0.2, 0) is 27.0 Å². The van der Waals surface area contributed by atoms with Gasteiger partial charge in [0.1, 0.15) is 6.54 Å². The molecule has 34 heavy (non-hydrogen) atoms. The van der Waals surface area contributed by atoms with Crippen molar-refractivity contribution in [3.8, 4) is 11.5 Å². The van der Waals surface area contributed by atoms with E-state index in [4.69, 9.17) is 14.2 Å². The predicted octanol–water partition coefficient (Wildman–Crippen LogP) is 3.04. The standard InChI is InChI=1S/C23H25F3N2O6/c1-4-33-21(30)13-28(12-15-5-8-17(9-6-15)23(24,25)26)22(31)16-7-10-18(19(11-16)32-3)34-14-20(29)27-2/h5-11H,4,12-14H2,1-3H3,(H,27,29). The Kier molecular flexibility index (Phi) is 9.28. The molecule has 2 rings (SSSR count). The second-order valence-electron chi connectivity index (χ2n) is 6.99. The van der Waals surface area contributed by atoms with Crippen LogP contribution < -0.4 is 14.8 Å². The predicted molar refractivity (Wildman–Crippen MR) is 115 cm³/mol. The van der Waals surface area contributed by atoms with Gasteiger partial charge in [0.05, 0.1) is 19.3 Å². The Morgan fingerprint density at radius 2 is 1.71 bits per heavy atom. The van der Waals surface area contributed by atoms with E-state index in [2.05, 4.69) is 5.32 Å². The minimum atomic E-state index is -4.49. The molecule has 0 atom stereocenters. The zero-order valence-corrected chi connectivity index (χ0v) is 18.9. The molecule has 1 N–H and O–H groups in total. The topological polar surface area (TPSA) is 94.2 Å². The van der Waals surface area contributed by atoms with Crippen LogP contribution in [0.4, 0.5) is 13.2 Å². The molecule has 2 amide bonds. The maximum absolute atomic E-state index is 13.2. The fraction of sp³-hybridized carbons (Fsp3) is 0.348. The van der Waals surface area contributed by atoms with Crippen LogP contribution in [0.2, 0.25) is 0 Å². The largest absolute Gasteiger partial charge is 0.493 e. The highest BCUT2D eigenvalue weighted by Gasteiger charge is 2.30. The summed E-state index contributed by atoms with van der Waals surface area (Å²) < 4.78 is 54.1. The number of ether oxygens (including phenoxy) is 3. The first kappa shape index (κ1) is 26.5. The number of hydrogen-bond donors (Lipinski definition) is 1. The fourth-order valence-electron chi connectivity index (χ4n) is 2.90. The van der Waals surface area contributed by atoms with Crippen LogP contribution in [0.15, 0.2) is 42.5 Å². The van der Waals surface area contributed by atoms with Crippen LogP contribution in [0.3, 0.4) is 0 Å². The lowest BCUT2D eigenvalue weighted by Crippen LogP contribution is -2.36. The number of halogens is 3. The second-order valence-corrected chi connectivity index (χ2v) is 6.99. The Labute approximate surface area is 194 Å². The van der Waals surface area contributed by atoms with Crippen LogP contribution >= 0.6 is 0 Å². The molecule has 2 aromatic rings. The summed E-state index contributed by atoms with van der Waals surface area (Å²) >= 11 is 0. The monoisotopic (exact) mass is 482 g/mol. The third kappa shape index (κ3) is 7.39. The van der Waals surface area contributed by atoms with E-state index in [1.165, 1.54) is 44.5 Å². The highest BCUT2D eigenvalue weighted by molar-refractivity contribution is 5.96. The van der Waals surface area contributed by atoms with Crippen molar-refractivity contribution in [2.45, 2.75) is 19.6 Å². The van der Waals surface area contributed by atoms with E-state index in [-0.39, 0.29) is 42.7 Å². The zero-order valence-electron chi connectivity index (χ0n) is 18.9. The summed E-state index contributed by atoms with van der Waals surface area (Å²) in [5.74, 6) is -1.20. The zero-order chi connectivity index (χ0) is 25.3. The average molecular weight is 482 g/mol. The Balaban J connectivity index is 2.28. The number of amides is 2. The van der Waals surface area contributed by atoms with Crippen LogP contribution in [0, 0.1) is 0 Å². The average Bonchev–Trinajstić information content (AvgIpc) is 2.81. The quantitative estimate of drug-likeness (QED) is 0.524. The van der Waals surface area contributed by atoms with Crippen molar-refractivity contribution in [1.29, 1.82) is 0 Å². The molecule has 0 spiro atoms. The lowest BCUT2D eigenvalue weighted by molar-refractivity contribution is -0.144. The van der Waals surface area contributed by atoms with E-state index in [0.29, 0.717) is 5.56 Å². The highest BCUT2D eigenvalue weighted by atomic mass is 19.4. The number of carbonyl (C=O) groups is 3. The molecule has 184 valence electrons. The Morgan fingerprint density at radius 1 is 1.03 bits per heavy atom. The van der Waals surface area contributed by atoms with Crippen molar-refractivity contribution in [2.24, 2.45) is 0 Å². The summed E-state index contributed by atoms with van der Waals surface area (Å²) in [6.07, 6.45) is -4.49. The molecule has 0 aromatic heterocycles. The van der Waals surface area contributed by atoms with Gasteiger partial charge < -0.3 is 24.4 Å². The number of rotatable bonds is 10. The lowest BCUT2D eigenvalue weighted by Gasteiger charge is -2.23. The van der Waals surface area contributed by atoms with Crippen molar-refractivity contribution in [3.63, 3.8) is 0 Å². The summed E-state index contributed by atoms with van der Waals surface area (Å²) in [6.45, 7) is 0.912. The summed E-state index contributed by atoms with van der Waals surface area (Å²) in [5, 5.41) is 2.41. The van der Waals surface area contributed by atoms with Crippen molar-refractivity contribution in [2.75, 3.05) is 33.9 Å². The Hall–Kier alpha value is -3.76. The summed E-state index contributed by atoms with van der Waals surface area (Å²) in [5.41, 5.74) is -0.292. The normalized spacial score (nSPS) is 10.9. The number of esters is 1. The number of hydrogen-bond acceptors (Lipinski definition) is 6. The molecule has 0 aliphatic heterocycles. The van der Waals surface area contributed by atoms with Gasteiger partial charge in [-0.1, -0.05) is 12.1 Å². The number of carbonyl (C=O) groups excluding carboxylic acids is 3. The number of nitrogens with zero attached hydrogens (tertiary/aromatic N) is 1. The number of nitrogens with one attached hydrogen (secondary N) is 1. The first-order valence-electron chi connectivity index (χ1n) is 10.2. The van der Waals surface area contributed by atoms with Crippen LogP contribution in [-0.4, -0.2) is 56.6 Å². The summed E-state index contributed by atoms with van der Waals surface area (Å²) in [4.78, 5) is 37.8. The summed E-state index contributed by atoms with van der Waals surface area (Å²) in [6, 6.07) is 8.54. The third-order valence-electron chi connectivity index (χ3n) is 4.62. The van der Waals surface area contributed by atoms with Crippen LogP contribution in [0.25, 0.3) is 0 Å². The number of benzene rings is 2. The molecule has 0 radical (unpaired) electrons. The van der Waals surface area contributed by atoms with Crippen molar-refractivity contribution in [1.82, 2.24) is 10.2 Å². The van der Waals surface area contributed by atoms with E-state index in [1.807, 2.05) is 0 Å². The Bertz CT molecular complexity index is 1010. The van der Waals surface area contributed by atoms with E-state index < -0.39 is 30.2 Å². The molecule has 0 saturated carbocycles. The van der Waals surface area contributed by atoms with E-state index in [9.17, 15) is 27.6 Å². The van der Waals surface area contributed by atoms with Gasteiger partial charge >= 0.3 is 12.1 Å². The lowest BCUT2D eigenvalue weighted by atomic mass is 10.1. The first-order valence-corrected chi connectivity index (χ1v) is 10.2. The molecule has 0 heterocycles. The van der Waals surface area contributed by atoms with Crippen molar-refractivity contribution < 1.29 is 41.8 Å². The number of alkyl halides is 3. The molecular weight excluding hydrogens is 457 g/mol. The molecule has 0 saturated heterocycles. The molecule has 11 heteroatoms. The van der Waals surface area contributed by atoms with E-state index in [0.717, 1.165) is 17.0 Å². The van der Waals surface area contributed by atoms with Gasteiger partial charge in [0, 0.05) is 19.2 Å². The molecular formula is C23H25F3N2O6. The van der Waals surface area contributed by atoms with Crippen molar-refractivity contribution >= 4 is 17.8 Å². The van der Waals surface area contributed by atoms with Gasteiger partial charge in [0.15, 0.2) is 18.1 Å². The smallest absolute Gasteiger partial charge is 0.416 e. The summed E-state index contributed by atoms with van der Waals surface area (Å²) in [7, 11) is 2.81. The van der Waals surface area contributed by atoms with Gasteiger partial charge in [-0.15, -0.1) is 0 Å². The fourth-order valence-corrected chi connectivity index (χ4v) is 2.90. The van der Waals surface area contributed by atoms with Gasteiger partial charge in [0.2, 0.25) is 0 Å².